The summed E-state index contributed by atoms with van der Waals surface area (Å²) in [7, 11) is 2.00. The molecule has 78 valence electrons. The molecule has 1 aliphatic carbocycles. The molecule has 0 spiro atoms. The third-order valence-corrected chi connectivity index (χ3v) is 2.80. The van der Waals surface area contributed by atoms with E-state index in [1.807, 2.05) is 7.05 Å². The molecule has 1 saturated carbocycles. The Morgan fingerprint density at radius 3 is 2.93 bits per heavy atom. The van der Waals surface area contributed by atoms with Crippen LogP contribution in [0, 0.1) is 0 Å². The van der Waals surface area contributed by atoms with Crippen LogP contribution in [0.15, 0.2) is 6.20 Å². The average Bonchev–Trinajstić information content (AvgIpc) is 2.96. The van der Waals surface area contributed by atoms with Crippen molar-refractivity contribution < 1.29 is 0 Å². The van der Waals surface area contributed by atoms with E-state index in [0.29, 0.717) is 0 Å². The van der Waals surface area contributed by atoms with E-state index in [1.165, 1.54) is 24.1 Å². The normalized spacial score (nSPS) is 16.1. The minimum Gasteiger partial charge on any atom is -0.319 e. The van der Waals surface area contributed by atoms with E-state index in [2.05, 4.69) is 28.2 Å². The minimum absolute atomic E-state index is 0.773. The summed E-state index contributed by atoms with van der Waals surface area (Å²) in [6.07, 6.45) is 6.01. The standard InChI is InChI=1S/C11H19N3/c1-3-14-8-10(6-7-12-2)11(13-14)9-4-5-9/h8-9,12H,3-7H2,1-2H3. The van der Waals surface area contributed by atoms with Crippen LogP contribution in [-0.2, 0) is 13.0 Å². The van der Waals surface area contributed by atoms with Crippen molar-refractivity contribution in [2.75, 3.05) is 13.6 Å². The molecule has 0 unspecified atom stereocenters. The SMILES string of the molecule is CCn1cc(CCNC)c(C2CC2)n1. The predicted molar refractivity (Wildman–Crippen MR) is 57.5 cm³/mol. The van der Waals surface area contributed by atoms with Crippen molar-refractivity contribution in [2.24, 2.45) is 0 Å². The largest absolute Gasteiger partial charge is 0.319 e. The highest BCUT2D eigenvalue weighted by atomic mass is 15.3. The van der Waals surface area contributed by atoms with Crippen LogP contribution in [0.1, 0.15) is 36.9 Å². The summed E-state index contributed by atoms with van der Waals surface area (Å²) in [6.45, 7) is 4.18. The second-order valence-electron chi connectivity index (χ2n) is 4.02. The molecule has 0 saturated heterocycles. The highest BCUT2D eigenvalue weighted by molar-refractivity contribution is 5.25. The zero-order valence-corrected chi connectivity index (χ0v) is 9.08. The molecule has 1 aromatic heterocycles. The van der Waals surface area contributed by atoms with Gasteiger partial charge in [-0.05, 0) is 45.3 Å². The fourth-order valence-electron chi connectivity index (χ4n) is 1.79. The molecule has 0 aromatic carbocycles. The van der Waals surface area contributed by atoms with Crippen LogP contribution in [0.4, 0.5) is 0 Å². The van der Waals surface area contributed by atoms with Gasteiger partial charge in [0.1, 0.15) is 0 Å². The van der Waals surface area contributed by atoms with E-state index in [0.717, 1.165) is 25.4 Å². The summed E-state index contributed by atoms with van der Waals surface area (Å²) in [6, 6.07) is 0. The van der Waals surface area contributed by atoms with E-state index in [4.69, 9.17) is 0 Å². The number of likely N-dealkylation sites (N-methyl/N-ethyl adjacent to an activating group) is 1. The Hall–Kier alpha value is -0.830. The number of aromatic nitrogens is 2. The number of hydrogen-bond donors (Lipinski definition) is 1. The maximum atomic E-state index is 4.63. The predicted octanol–water partition coefficient (Wildman–Crippen LogP) is 1.54. The molecule has 1 aliphatic rings. The number of hydrogen-bond acceptors (Lipinski definition) is 2. The molecule has 3 heteroatoms. The van der Waals surface area contributed by atoms with Gasteiger partial charge in [-0.1, -0.05) is 0 Å². The smallest absolute Gasteiger partial charge is 0.0687 e. The van der Waals surface area contributed by atoms with Crippen molar-refractivity contribution in [2.45, 2.75) is 38.6 Å². The van der Waals surface area contributed by atoms with Gasteiger partial charge in [0, 0.05) is 18.7 Å². The molecule has 2 rings (SSSR count). The van der Waals surface area contributed by atoms with Gasteiger partial charge >= 0.3 is 0 Å². The summed E-state index contributed by atoms with van der Waals surface area (Å²) in [5.74, 6) is 0.773. The zero-order chi connectivity index (χ0) is 9.97. The van der Waals surface area contributed by atoms with E-state index < -0.39 is 0 Å². The maximum absolute atomic E-state index is 4.63. The van der Waals surface area contributed by atoms with E-state index in [-0.39, 0.29) is 0 Å². The summed E-state index contributed by atoms with van der Waals surface area (Å²) >= 11 is 0. The van der Waals surface area contributed by atoms with Gasteiger partial charge in [0.05, 0.1) is 5.69 Å². The first-order valence-corrected chi connectivity index (χ1v) is 5.56. The van der Waals surface area contributed by atoms with Crippen molar-refractivity contribution in [1.29, 1.82) is 0 Å². The number of rotatable bonds is 5. The van der Waals surface area contributed by atoms with Crippen molar-refractivity contribution in [3.8, 4) is 0 Å². The molecule has 0 radical (unpaired) electrons. The van der Waals surface area contributed by atoms with Crippen molar-refractivity contribution in [1.82, 2.24) is 15.1 Å². The lowest BCUT2D eigenvalue weighted by Crippen LogP contribution is -2.10. The lowest BCUT2D eigenvalue weighted by atomic mass is 10.1. The van der Waals surface area contributed by atoms with Gasteiger partial charge < -0.3 is 5.32 Å². The molecule has 1 heterocycles. The molecule has 3 nitrogen and oxygen atoms in total. The van der Waals surface area contributed by atoms with Crippen molar-refractivity contribution in [3.05, 3.63) is 17.5 Å². The average molecular weight is 193 g/mol. The Labute approximate surface area is 85.5 Å². The lowest BCUT2D eigenvalue weighted by Gasteiger charge is -1.98. The number of nitrogens with one attached hydrogen (secondary N) is 1. The van der Waals surface area contributed by atoms with Gasteiger partial charge in [-0.3, -0.25) is 4.68 Å². The molecule has 0 atom stereocenters. The molecular weight excluding hydrogens is 174 g/mol. The molecule has 1 fully saturated rings. The minimum atomic E-state index is 0.773. The second kappa shape index (κ2) is 4.13. The monoisotopic (exact) mass is 193 g/mol. The van der Waals surface area contributed by atoms with Gasteiger partial charge in [0.15, 0.2) is 0 Å². The third kappa shape index (κ3) is 1.98. The van der Waals surface area contributed by atoms with Crippen LogP contribution in [0.5, 0.6) is 0 Å². The molecular formula is C11H19N3. The van der Waals surface area contributed by atoms with Crippen LogP contribution in [0.2, 0.25) is 0 Å². The summed E-state index contributed by atoms with van der Waals surface area (Å²) in [5, 5.41) is 7.83. The van der Waals surface area contributed by atoms with Gasteiger partial charge in [-0.2, -0.15) is 5.10 Å². The first-order valence-electron chi connectivity index (χ1n) is 5.56. The van der Waals surface area contributed by atoms with Gasteiger partial charge in [-0.25, -0.2) is 0 Å². The Balaban J connectivity index is 2.13. The van der Waals surface area contributed by atoms with Crippen molar-refractivity contribution in [3.63, 3.8) is 0 Å². The molecule has 1 N–H and O–H groups in total. The Kier molecular flexibility index (Phi) is 2.87. The van der Waals surface area contributed by atoms with Crippen LogP contribution in [-0.4, -0.2) is 23.4 Å². The summed E-state index contributed by atoms with van der Waals surface area (Å²) in [4.78, 5) is 0. The zero-order valence-electron chi connectivity index (χ0n) is 9.08. The molecule has 0 bridgehead atoms. The van der Waals surface area contributed by atoms with E-state index >= 15 is 0 Å². The van der Waals surface area contributed by atoms with Crippen molar-refractivity contribution >= 4 is 0 Å². The Morgan fingerprint density at radius 1 is 1.57 bits per heavy atom. The molecule has 0 amide bonds. The Morgan fingerprint density at radius 2 is 2.36 bits per heavy atom. The lowest BCUT2D eigenvalue weighted by molar-refractivity contribution is 0.647. The summed E-state index contributed by atoms with van der Waals surface area (Å²) in [5.41, 5.74) is 2.81. The Bertz CT molecular complexity index is 299. The fourth-order valence-corrected chi connectivity index (χ4v) is 1.79. The second-order valence-corrected chi connectivity index (χ2v) is 4.02. The molecule has 1 aromatic rings. The first kappa shape index (κ1) is 9.71. The van der Waals surface area contributed by atoms with Crippen LogP contribution in [0.3, 0.4) is 0 Å². The molecule has 0 aliphatic heterocycles. The van der Waals surface area contributed by atoms with E-state index in [1.54, 1.807) is 0 Å². The quantitative estimate of drug-likeness (QED) is 0.768. The van der Waals surface area contributed by atoms with Gasteiger partial charge in [0.2, 0.25) is 0 Å². The van der Waals surface area contributed by atoms with Crippen LogP contribution < -0.4 is 5.32 Å². The maximum Gasteiger partial charge on any atom is 0.0687 e. The fraction of sp³-hybridized carbons (Fsp3) is 0.727. The molecule has 14 heavy (non-hydrogen) atoms. The third-order valence-electron chi connectivity index (χ3n) is 2.80. The number of aryl methyl sites for hydroxylation is 1. The topological polar surface area (TPSA) is 29.9 Å². The van der Waals surface area contributed by atoms with Gasteiger partial charge in [0.25, 0.3) is 0 Å². The number of nitrogens with zero attached hydrogens (tertiary/aromatic N) is 2. The highest BCUT2D eigenvalue weighted by Crippen LogP contribution is 2.40. The summed E-state index contributed by atoms with van der Waals surface area (Å²) < 4.78 is 2.07. The highest BCUT2D eigenvalue weighted by Gasteiger charge is 2.28. The van der Waals surface area contributed by atoms with Crippen LogP contribution in [0.25, 0.3) is 0 Å². The first-order chi connectivity index (χ1) is 6.85. The van der Waals surface area contributed by atoms with Gasteiger partial charge in [-0.15, -0.1) is 0 Å². The van der Waals surface area contributed by atoms with E-state index in [9.17, 15) is 0 Å². The van der Waals surface area contributed by atoms with Crippen LogP contribution >= 0.6 is 0 Å².